The number of pyridine rings is 1. The van der Waals surface area contributed by atoms with Crippen molar-refractivity contribution in [1.82, 2.24) is 4.98 Å². The van der Waals surface area contributed by atoms with Crippen LogP contribution < -0.4 is 10.6 Å². The summed E-state index contributed by atoms with van der Waals surface area (Å²) < 4.78 is 0. The van der Waals surface area contributed by atoms with Crippen LogP contribution in [-0.2, 0) is 12.8 Å². The number of hydrogen-bond donors (Lipinski definition) is 2. The third-order valence-electron chi connectivity index (χ3n) is 5.82. The Balaban J connectivity index is 1.58. The fourth-order valence-electron chi connectivity index (χ4n) is 4.29. The monoisotopic (exact) mass is 459 g/mol. The number of hydrogen-bond acceptors (Lipinski definition) is 5. The Labute approximate surface area is 196 Å². The minimum absolute atomic E-state index is 0.0665. The second-order valence-electron chi connectivity index (χ2n) is 8.07. The van der Waals surface area contributed by atoms with Crippen molar-refractivity contribution in [1.29, 1.82) is 0 Å². The van der Waals surface area contributed by atoms with E-state index in [1.807, 2.05) is 55.5 Å². The van der Waals surface area contributed by atoms with Gasteiger partial charge in [0.2, 0.25) is 0 Å². The molecule has 32 heavy (non-hydrogen) atoms. The third-order valence-corrected chi connectivity index (χ3v) is 7.75. The molecule has 5 rings (SSSR count). The van der Waals surface area contributed by atoms with Gasteiger partial charge in [0, 0.05) is 21.7 Å². The van der Waals surface area contributed by atoms with Gasteiger partial charge in [-0.15, -0.1) is 11.3 Å². The zero-order valence-electron chi connectivity index (χ0n) is 17.9. The molecule has 0 saturated carbocycles. The Morgan fingerprint density at radius 1 is 1.03 bits per heavy atom. The molecule has 3 aromatic heterocycles. The summed E-state index contributed by atoms with van der Waals surface area (Å²) in [6.07, 6.45) is 4.51. The van der Waals surface area contributed by atoms with Gasteiger partial charge >= 0.3 is 0 Å². The number of aromatic nitrogens is 1. The largest absolute Gasteiger partial charge is 0.359 e. The van der Waals surface area contributed by atoms with E-state index in [4.69, 9.17) is 4.98 Å². The first kappa shape index (κ1) is 20.9. The molecule has 4 aromatic rings. The minimum Gasteiger partial charge on any atom is -0.359 e. The minimum atomic E-state index is -0.0697. The third kappa shape index (κ3) is 4.33. The quantitative estimate of drug-likeness (QED) is 0.332. The molecular weight excluding hydrogens is 434 g/mol. The van der Waals surface area contributed by atoms with Crippen LogP contribution in [-0.4, -0.2) is 10.9 Å². The molecule has 3 heterocycles. The summed E-state index contributed by atoms with van der Waals surface area (Å²) in [5.74, 6) is 0.778. The summed E-state index contributed by atoms with van der Waals surface area (Å²) >= 11 is 3.42. The van der Waals surface area contributed by atoms with Crippen molar-refractivity contribution < 1.29 is 4.79 Å². The van der Waals surface area contributed by atoms with E-state index in [1.54, 1.807) is 22.7 Å². The van der Waals surface area contributed by atoms with Crippen LogP contribution in [0.1, 0.15) is 56.5 Å². The van der Waals surface area contributed by atoms with Gasteiger partial charge in [0.25, 0.3) is 5.91 Å². The molecule has 1 aliphatic rings. The Kier molecular flexibility index (Phi) is 6.06. The van der Waals surface area contributed by atoms with Crippen molar-refractivity contribution in [3.8, 4) is 0 Å². The highest BCUT2D eigenvalue weighted by Crippen LogP contribution is 2.44. The Morgan fingerprint density at radius 3 is 2.66 bits per heavy atom. The number of amides is 1. The van der Waals surface area contributed by atoms with Crippen LogP contribution in [0.15, 0.2) is 65.4 Å². The highest BCUT2D eigenvalue weighted by molar-refractivity contribution is 7.16. The van der Waals surface area contributed by atoms with E-state index < -0.39 is 0 Å². The van der Waals surface area contributed by atoms with E-state index in [-0.39, 0.29) is 11.9 Å². The van der Waals surface area contributed by atoms with Crippen molar-refractivity contribution in [2.45, 2.75) is 38.6 Å². The van der Waals surface area contributed by atoms with Crippen molar-refractivity contribution in [2.75, 3.05) is 10.6 Å². The van der Waals surface area contributed by atoms with Crippen LogP contribution in [0.5, 0.6) is 0 Å². The number of fused-ring (bicyclic) bond motifs is 1. The van der Waals surface area contributed by atoms with E-state index in [2.05, 4.69) is 27.5 Å². The molecule has 1 aromatic carbocycles. The number of nitrogens with zero attached hydrogens (tertiary/aromatic N) is 1. The smallest absolute Gasteiger partial charge is 0.256 e. The number of carbonyl (C=O) groups excluding carboxylic acids is 1. The molecular formula is C26H25N3OS2. The van der Waals surface area contributed by atoms with Crippen LogP contribution in [0.25, 0.3) is 0 Å². The highest BCUT2D eigenvalue weighted by Gasteiger charge is 2.29. The number of aryl methyl sites for hydroxylation is 2. The fraction of sp³-hybridized carbons (Fsp3) is 0.231. The number of rotatable bonds is 6. The lowest BCUT2D eigenvalue weighted by atomic mass is 9.90. The first-order valence-corrected chi connectivity index (χ1v) is 12.7. The van der Waals surface area contributed by atoms with E-state index in [0.29, 0.717) is 5.56 Å². The summed E-state index contributed by atoms with van der Waals surface area (Å²) in [5, 5.41) is 12.2. The average Bonchev–Trinajstić information content (AvgIpc) is 3.46. The molecule has 1 unspecified atom stereocenters. The first-order valence-electron chi connectivity index (χ1n) is 10.9. The molecule has 0 radical (unpaired) electrons. The lowest BCUT2D eigenvalue weighted by Gasteiger charge is -2.23. The Hall–Kier alpha value is -2.96. The molecule has 0 spiro atoms. The van der Waals surface area contributed by atoms with Gasteiger partial charge < -0.3 is 10.6 Å². The lowest BCUT2D eigenvalue weighted by molar-refractivity contribution is 0.102. The molecule has 0 aliphatic heterocycles. The first-order chi connectivity index (χ1) is 15.7. The molecule has 4 nitrogen and oxygen atoms in total. The van der Waals surface area contributed by atoms with Crippen LogP contribution in [0.2, 0.25) is 0 Å². The predicted molar refractivity (Wildman–Crippen MR) is 134 cm³/mol. The number of carbonyl (C=O) groups is 1. The zero-order chi connectivity index (χ0) is 21.9. The summed E-state index contributed by atoms with van der Waals surface area (Å²) in [6, 6.07) is 17.6. The molecule has 0 saturated heterocycles. The van der Waals surface area contributed by atoms with Gasteiger partial charge in [-0.25, -0.2) is 4.98 Å². The maximum atomic E-state index is 13.1. The van der Waals surface area contributed by atoms with Crippen molar-refractivity contribution in [3.05, 3.63) is 98.2 Å². The molecule has 2 N–H and O–H groups in total. The van der Waals surface area contributed by atoms with Gasteiger partial charge in [-0.3, -0.25) is 4.79 Å². The Morgan fingerprint density at radius 2 is 1.88 bits per heavy atom. The van der Waals surface area contributed by atoms with Crippen molar-refractivity contribution in [3.63, 3.8) is 0 Å². The molecule has 1 amide bonds. The number of anilines is 2. The van der Waals surface area contributed by atoms with Gasteiger partial charge in [0.1, 0.15) is 10.8 Å². The van der Waals surface area contributed by atoms with Crippen LogP contribution in [0.4, 0.5) is 10.8 Å². The highest BCUT2D eigenvalue weighted by atomic mass is 32.1. The molecule has 0 bridgehead atoms. The molecule has 162 valence electrons. The second kappa shape index (κ2) is 9.27. The van der Waals surface area contributed by atoms with E-state index in [0.717, 1.165) is 29.4 Å². The number of thiophene rings is 2. The van der Waals surface area contributed by atoms with Crippen molar-refractivity contribution in [2.24, 2.45) is 0 Å². The van der Waals surface area contributed by atoms with Crippen molar-refractivity contribution >= 4 is 39.4 Å². The maximum absolute atomic E-state index is 13.1. The maximum Gasteiger partial charge on any atom is 0.256 e. The van der Waals surface area contributed by atoms with Gasteiger partial charge in [-0.2, -0.15) is 11.3 Å². The normalized spacial score (nSPS) is 13.9. The fourth-order valence-corrected chi connectivity index (χ4v) is 6.29. The molecule has 1 atom stereocenters. The second-order valence-corrected chi connectivity index (χ2v) is 9.96. The van der Waals surface area contributed by atoms with Gasteiger partial charge in [0.05, 0.1) is 6.04 Å². The summed E-state index contributed by atoms with van der Waals surface area (Å²) in [5.41, 5.74) is 5.42. The van der Waals surface area contributed by atoms with Gasteiger partial charge in [-0.1, -0.05) is 24.3 Å². The van der Waals surface area contributed by atoms with Crippen LogP contribution in [0, 0.1) is 6.92 Å². The molecule has 0 fully saturated rings. The summed E-state index contributed by atoms with van der Waals surface area (Å²) in [7, 11) is 0. The zero-order valence-corrected chi connectivity index (χ0v) is 19.6. The SMILES string of the molecule is Cc1cccc(NC(c2ccsc2)c2c(NC(=O)c3ccccc3)sc3c2CCCC3)n1. The number of benzene rings is 1. The number of nitrogens with one attached hydrogen (secondary N) is 2. The molecule has 1 aliphatic carbocycles. The van der Waals surface area contributed by atoms with Crippen LogP contribution in [0.3, 0.4) is 0 Å². The van der Waals surface area contributed by atoms with Gasteiger partial charge in [0.15, 0.2) is 0 Å². The van der Waals surface area contributed by atoms with Crippen LogP contribution >= 0.6 is 22.7 Å². The average molecular weight is 460 g/mol. The molecule has 6 heteroatoms. The standard InChI is InChI=1S/C26H25N3OS2/c1-17-8-7-13-22(27-17)28-24(19-14-15-31-16-19)23-20-11-5-6-12-21(20)32-26(23)29-25(30)18-9-3-2-4-10-18/h2-4,7-10,13-16,24H,5-6,11-12H2,1H3,(H,27,28)(H,29,30). The van der Waals surface area contributed by atoms with Gasteiger partial charge in [-0.05, 0) is 84.8 Å². The predicted octanol–water partition coefficient (Wildman–Crippen LogP) is 6.85. The Bertz CT molecular complexity index is 1220. The van der Waals surface area contributed by atoms with E-state index in [1.165, 1.54) is 34.4 Å². The van der Waals surface area contributed by atoms with E-state index >= 15 is 0 Å². The summed E-state index contributed by atoms with van der Waals surface area (Å²) in [6.45, 7) is 2.00. The lowest BCUT2D eigenvalue weighted by Crippen LogP contribution is -2.18. The van der Waals surface area contributed by atoms with E-state index in [9.17, 15) is 4.79 Å². The topological polar surface area (TPSA) is 54.0 Å². The summed E-state index contributed by atoms with van der Waals surface area (Å²) in [4.78, 5) is 19.1.